The molecule has 0 bridgehead atoms. The van der Waals surface area contributed by atoms with Crippen LogP contribution in [-0.4, -0.2) is 17.9 Å². The lowest BCUT2D eigenvalue weighted by molar-refractivity contribution is -0.129. The Kier molecular flexibility index (Phi) is 7.21. The monoisotopic (exact) mass is 354 g/mol. The third-order valence-corrected chi connectivity index (χ3v) is 4.02. The molecule has 26 heavy (non-hydrogen) atoms. The predicted molar refractivity (Wildman–Crippen MR) is 102 cm³/mol. The lowest BCUT2D eigenvalue weighted by atomic mass is 10.0. The fourth-order valence-electron chi connectivity index (χ4n) is 2.59. The molecule has 0 aliphatic heterocycles. The second kappa shape index (κ2) is 9.61. The van der Waals surface area contributed by atoms with Gasteiger partial charge in [0.05, 0.1) is 0 Å². The Labute approximate surface area is 154 Å². The molecule has 0 aliphatic carbocycles. The number of rotatable bonds is 8. The van der Waals surface area contributed by atoms with Gasteiger partial charge in [0.1, 0.15) is 18.4 Å². The third-order valence-electron chi connectivity index (χ3n) is 4.02. The van der Waals surface area contributed by atoms with E-state index < -0.39 is 6.04 Å². The van der Waals surface area contributed by atoms with Crippen molar-refractivity contribution < 1.29 is 14.3 Å². The van der Waals surface area contributed by atoms with Crippen molar-refractivity contribution in [1.29, 1.82) is 0 Å². The highest BCUT2D eigenvalue weighted by atomic mass is 16.5. The number of carbonyl (C=O) groups excluding carboxylic acids is 2. The van der Waals surface area contributed by atoms with Gasteiger partial charge in [-0.05, 0) is 29.2 Å². The maximum atomic E-state index is 12.4. The fraction of sp³-hybridized carbons (Fsp3) is 0.333. The number of amides is 2. The van der Waals surface area contributed by atoms with E-state index in [2.05, 4.69) is 10.6 Å². The highest BCUT2D eigenvalue weighted by Gasteiger charge is 2.22. The van der Waals surface area contributed by atoms with Gasteiger partial charge in [-0.1, -0.05) is 56.3 Å². The van der Waals surface area contributed by atoms with Crippen molar-refractivity contribution >= 4 is 11.8 Å². The van der Waals surface area contributed by atoms with Crippen LogP contribution in [0.1, 0.15) is 31.9 Å². The molecule has 2 aromatic rings. The molecule has 2 aromatic carbocycles. The Bertz CT molecular complexity index is 729. The average Bonchev–Trinajstić information content (AvgIpc) is 2.63. The highest BCUT2D eigenvalue weighted by molar-refractivity contribution is 5.87. The molecular formula is C21H26N2O3. The smallest absolute Gasteiger partial charge is 0.243 e. The summed E-state index contributed by atoms with van der Waals surface area (Å²) in [5, 5.41) is 5.62. The van der Waals surface area contributed by atoms with Gasteiger partial charge in [0.25, 0.3) is 0 Å². The second-order valence-electron chi connectivity index (χ2n) is 6.51. The van der Waals surface area contributed by atoms with Gasteiger partial charge < -0.3 is 15.4 Å². The van der Waals surface area contributed by atoms with Crippen molar-refractivity contribution in [3.05, 3.63) is 65.7 Å². The van der Waals surface area contributed by atoms with Crippen molar-refractivity contribution in [2.24, 2.45) is 5.92 Å². The minimum atomic E-state index is -0.541. The first-order chi connectivity index (χ1) is 12.5. The van der Waals surface area contributed by atoms with E-state index in [0.717, 1.165) is 16.9 Å². The summed E-state index contributed by atoms with van der Waals surface area (Å²) >= 11 is 0. The molecule has 0 aliphatic rings. The molecule has 0 spiro atoms. The van der Waals surface area contributed by atoms with Gasteiger partial charge >= 0.3 is 0 Å². The minimum Gasteiger partial charge on any atom is -0.489 e. The van der Waals surface area contributed by atoms with Crippen LogP contribution in [0.4, 0.5) is 0 Å². The van der Waals surface area contributed by atoms with E-state index >= 15 is 0 Å². The lowest BCUT2D eigenvalue weighted by Gasteiger charge is -2.21. The van der Waals surface area contributed by atoms with Crippen LogP contribution in [0.5, 0.6) is 5.75 Å². The first-order valence-corrected chi connectivity index (χ1v) is 8.77. The van der Waals surface area contributed by atoms with E-state index in [1.54, 1.807) is 0 Å². The second-order valence-corrected chi connectivity index (χ2v) is 6.51. The standard InChI is InChI=1S/C21H26N2O3/c1-15(2)20(23-16(3)24)21(25)22-13-17-9-7-8-10-18(17)14-26-19-11-5-4-6-12-19/h4-12,15,20H,13-14H2,1-3H3,(H,22,25)(H,23,24)/t20-/m1/s1. The van der Waals surface area contributed by atoms with E-state index in [1.165, 1.54) is 6.92 Å². The van der Waals surface area contributed by atoms with Crippen molar-refractivity contribution in [1.82, 2.24) is 10.6 Å². The summed E-state index contributed by atoms with van der Waals surface area (Å²) in [4.78, 5) is 23.7. The fourth-order valence-corrected chi connectivity index (χ4v) is 2.59. The molecule has 0 aromatic heterocycles. The predicted octanol–water partition coefficient (Wildman–Crippen LogP) is 3.04. The Morgan fingerprint density at radius 2 is 1.58 bits per heavy atom. The lowest BCUT2D eigenvalue weighted by Crippen LogP contribution is -2.48. The number of hydrogen-bond donors (Lipinski definition) is 2. The summed E-state index contributed by atoms with van der Waals surface area (Å²) in [6, 6.07) is 16.9. The van der Waals surface area contributed by atoms with E-state index in [-0.39, 0.29) is 17.7 Å². The average molecular weight is 354 g/mol. The largest absolute Gasteiger partial charge is 0.489 e. The van der Waals surface area contributed by atoms with Gasteiger partial charge in [-0.2, -0.15) is 0 Å². The maximum Gasteiger partial charge on any atom is 0.243 e. The number of ether oxygens (including phenoxy) is 1. The molecule has 0 unspecified atom stereocenters. The van der Waals surface area contributed by atoms with Crippen LogP contribution in [0.2, 0.25) is 0 Å². The number of benzene rings is 2. The molecule has 5 heteroatoms. The summed E-state index contributed by atoms with van der Waals surface area (Å²) in [5.41, 5.74) is 2.00. The SMILES string of the molecule is CC(=O)N[C@@H](C(=O)NCc1ccccc1COc1ccccc1)C(C)C. The molecular weight excluding hydrogens is 328 g/mol. The van der Waals surface area contributed by atoms with Crippen molar-refractivity contribution in [3.8, 4) is 5.75 Å². The Morgan fingerprint density at radius 3 is 2.19 bits per heavy atom. The summed E-state index contributed by atoms with van der Waals surface area (Å²) in [5.74, 6) is 0.414. The molecule has 2 rings (SSSR count). The van der Waals surface area contributed by atoms with Crippen molar-refractivity contribution in [3.63, 3.8) is 0 Å². The zero-order valence-corrected chi connectivity index (χ0v) is 15.5. The first kappa shape index (κ1) is 19.5. The summed E-state index contributed by atoms with van der Waals surface area (Å²) in [6.45, 7) is 6.04. The molecule has 0 radical (unpaired) electrons. The molecule has 5 nitrogen and oxygen atoms in total. The van der Waals surface area contributed by atoms with E-state index in [4.69, 9.17) is 4.74 Å². The van der Waals surface area contributed by atoms with E-state index in [1.807, 2.05) is 68.4 Å². The minimum absolute atomic E-state index is 0.00978. The highest BCUT2D eigenvalue weighted by Crippen LogP contribution is 2.15. The van der Waals surface area contributed by atoms with Gasteiger partial charge in [0, 0.05) is 13.5 Å². The molecule has 2 amide bonds. The normalized spacial score (nSPS) is 11.7. The van der Waals surface area contributed by atoms with Crippen LogP contribution in [-0.2, 0) is 22.7 Å². The van der Waals surface area contributed by atoms with Gasteiger partial charge in [-0.3, -0.25) is 9.59 Å². The van der Waals surface area contributed by atoms with E-state index in [9.17, 15) is 9.59 Å². The van der Waals surface area contributed by atoms with Gasteiger partial charge in [-0.25, -0.2) is 0 Å². The van der Waals surface area contributed by atoms with Crippen LogP contribution in [0.15, 0.2) is 54.6 Å². The van der Waals surface area contributed by atoms with Crippen LogP contribution < -0.4 is 15.4 Å². The molecule has 0 heterocycles. The molecule has 1 atom stereocenters. The molecule has 0 fully saturated rings. The Morgan fingerprint density at radius 1 is 0.962 bits per heavy atom. The van der Waals surface area contributed by atoms with Crippen LogP contribution in [0.25, 0.3) is 0 Å². The number of carbonyl (C=O) groups is 2. The quantitative estimate of drug-likeness (QED) is 0.766. The summed E-state index contributed by atoms with van der Waals surface area (Å²) in [6.07, 6.45) is 0. The number of hydrogen-bond acceptors (Lipinski definition) is 3. The zero-order valence-electron chi connectivity index (χ0n) is 15.5. The van der Waals surface area contributed by atoms with Gasteiger partial charge in [-0.15, -0.1) is 0 Å². The van der Waals surface area contributed by atoms with Gasteiger partial charge in [0.2, 0.25) is 11.8 Å². The Hall–Kier alpha value is -2.82. The van der Waals surface area contributed by atoms with Gasteiger partial charge in [0.15, 0.2) is 0 Å². The molecule has 2 N–H and O–H groups in total. The zero-order chi connectivity index (χ0) is 18.9. The molecule has 0 saturated carbocycles. The molecule has 138 valence electrons. The number of para-hydroxylation sites is 1. The van der Waals surface area contributed by atoms with Crippen LogP contribution in [0.3, 0.4) is 0 Å². The van der Waals surface area contributed by atoms with Crippen LogP contribution >= 0.6 is 0 Å². The topological polar surface area (TPSA) is 67.4 Å². The summed E-state index contributed by atoms with van der Waals surface area (Å²) in [7, 11) is 0. The van der Waals surface area contributed by atoms with Crippen molar-refractivity contribution in [2.45, 2.75) is 40.0 Å². The Balaban J connectivity index is 1.98. The number of nitrogens with one attached hydrogen (secondary N) is 2. The third kappa shape index (κ3) is 5.92. The van der Waals surface area contributed by atoms with Crippen LogP contribution in [0, 0.1) is 5.92 Å². The first-order valence-electron chi connectivity index (χ1n) is 8.77. The van der Waals surface area contributed by atoms with E-state index in [0.29, 0.717) is 13.2 Å². The summed E-state index contributed by atoms with van der Waals surface area (Å²) < 4.78 is 5.81. The maximum absolute atomic E-state index is 12.4. The van der Waals surface area contributed by atoms with Crippen molar-refractivity contribution in [2.75, 3.05) is 0 Å². The molecule has 0 saturated heterocycles.